The molecule has 1 aliphatic rings. The molecule has 0 bridgehead atoms. The molecule has 1 fully saturated rings. The van der Waals surface area contributed by atoms with Crippen LogP contribution in [0.25, 0.3) is 0 Å². The summed E-state index contributed by atoms with van der Waals surface area (Å²) in [7, 11) is 0. The Morgan fingerprint density at radius 2 is 1.94 bits per heavy atom. The Labute approximate surface area is 96.1 Å². The number of benzene rings is 1. The molecule has 92 valence electrons. The minimum Gasteiger partial charge on any atom is -0.481 e. The minimum atomic E-state index is -3.02. The van der Waals surface area contributed by atoms with Crippen LogP contribution in [0.15, 0.2) is 18.2 Å². The van der Waals surface area contributed by atoms with Crippen LogP contribution in [0.4, 0.5) is 13.2 Å². The summed E-state index contributed by atoms with van der Waals surface area (Å²) in [6, 6.07) is 4.23. The second-order valence-electron chi connectivity index (χ2n) is 4.53. The van der Waals surface area contributed by atoms with Gasteiger partial charge in [0.15, 0.2) is 0 Å². The Morgan fingerprint density at radius 3 is 2.41 bits per heavy atom. The first-order valence-electron chi connectivity index (χ1n) is 5.15. The summed E-state index contributed by atoms with van der Waals surface area (Å²) in [6.07, 6.45) is -1.68. The van der Waals surface area contributed by atoms with E-state index in [0.717, 1.165) is 0 Å². The van der Waals surface area contributed by atoms with E-state index >= 15 is 0 Å². The van der Waals surface area contributed by atoms with E-state index in [1.807, 2.05) is 0 Å². The molecular weight excluding hydrogens is 233 g/mol. The van der Waals surface area contributed by atoms with Gasteiger partial charge in [-0.25, -0.2) is 13.2 Å². The first-order chi connectivity index (χ1) is 7.78. The summed E-state index contributed by atoms with van der Waals surface area (Å²) < 4.78 is 39.7. The van der Waals surface area contributed by atoms with Crippen LogP contribution in [0.1, 0.15) is 24.0 Å². The molecule has 5 heteroatoms. The van der Waals surface area contributed by atoms with Gasteiger partial charge in [-0.15, -0.1) is 0 Å². The van der Waals surface area contributed by atoms with Crippen molar-refractivity contribution in [3.63, 3.8) is 0 Å². The van der Waals surface area contributed by atoms with Gasteiger partial charge in [0, 0.05) is 18.4 Å². The average Bonchev–Trinajstić information content (AvgIpc) is 2.17. The molecule has 1 aromatic rings. The predicted octanol–water partition coefficient (Wildman–Crippen LogP) is 2.89. The van der Waals surface area contributed by atoms with Crippen LogP contribution in [-0.4, -0.2) is 17.0 Å². The van der Waals surface area contributed by atoms with Crippen molar-refractivity contribution in [3.05, 3.63) is 35.1 Å². The van der Waals surface area contributed by atoms with Crippen molar-refractivity contribution in [2.24, 2.45) is 0 Å². The van der Waals surface area contributed by atoms with Gasteiger partial charge >= 0.3 is 5.97 Å². The van der Waals surface area contributed by atoms with Crippen molar-refractivity contribution in [1.82, 2.24) is 0 Å². The molecule has 17 heavy (non-hydrogen) atoms. The zero-order valence-corrected chi connectivity index (χ0v) is 9.14. The Kier molecular flexibility index (Phi) is 2.45. The Morgan fingerprint density at radius 1 is 1.35 bits per heavy atom. The van der Waals surface area contributed by atoms with Gasteiger partial charge in [0.1, 0.15) is 11.2 Å². The van der Waals surface area contributed by atoms with Crippen LogP contribution >= 0.6 is 0 Å². The number of hydrogen-bond donors (Lipinski definition) is 1. The largest absolute Gasteiger partial charge is 0.481 e. The molecule has 1 N–H and O–H groups in total. The third kappa shape index (κ3) is 1.69. The summed E-state index contributed by atoms with van der Waals surface area (Å²) in [5, 5.41) is 9.08. The summed E-state index contributed by atoms with van der Waals surface area (Å²) in [6.45, 7) is 1.48. The third-order valence-electron chi connectivity index (χ3n) is 3.24. The molecule has 1 saturated carbocycles. The van der Waals surface area contributed by atoms with Crippen LogP contribution in [0.2, 0.25) is 0 Å². The maximum absolute atomic E-state index is 13.8. The zero-order valence-electron chi connectivity index (χ0n) is 9.14. The number of carboxylic acids is 1. The van der Waals surface area contributed by atoms with Crippen LogP contribution in [0.3, 0.4) is 0 Å². The maximum atomic E-state index is 13.8. The van der Waals surface area contributed by atoms with E-state index in [9.17, 15) is 18.0 Å². The van der Waals surface area contributed by atoms with Crippen molar-refractivity contribution in [3.8, 4) is 0 Å². The molecule has 0 heterocycles. The summed E-state index contributed by atoms with van der Waals surface area (Å²) in [4.78, 5) is 11.2. The fraction of sp³-hybridized carbons (Fsp3) is 0.417. The average molecular weight is 244 g/mol. The molecule has 0 aromatic heterocycles. The topological polar surface area (TPSA) is 37.3 Å². The van der Waals surface area contributed by atoms with E-state index in [0.29, 0.717) is 0 Å². The van der Waals surface area contributed by atoms with Crippen molar-refractivity contribution in [2.75, 3.05) is 0 Å². The molecule has 0 saturated heterocycles. The number of hydrogen-bond acceptors (Lipinski definition) is 1. The summed E-state index contributed by atoms with van der Waals surface area (Å²) >= 11 is 0. The number of aliphatic carboxylic acids is 1. The molecule has 0 radical (unpaired) electrons. The second-order valence-corrected chi connectivity index (χ2v) is 4.53. The lowest BCUT2D eigenvalue weighted by atomic mass is 9.61. The number of rotatable bonds is 2. The van der Waals surface area contributed by atoms with Gasteiger partial charge < -0.3 is 5.11 Å². The normalized spacial score (nSPS) is 20.7. The highest BCUT2D eigenvalue weighted by Gasteiger charge is 2.63. The van der Waals surface area contributed by atoms with E-state index < -0.39 is 36.0 Å². The predicted molar refractivity (Wildman–Crippen MR) is 54.6 cm³/mol. The highest BCUT2D eigenvalue weighted by atomic mass is 19.3. The van der Waals surface area contributed by atoms with Gasteiger partial charge in [0.25, 0.3) is 5.92 Å². The summed E-state index contributed by atoms with van der Waals surface area (Å²) in [5.74, 6) is -5.12. The third-order valence-corrected chi connectivity index (χ3v) is 3.24. The van der Waals surface area contributed by atoms with Crippen molar-refractivity contribution in [1.29, 1.82) is 0 Å². The molecule has 0 atom stereocenters. The molecule has 1 aliphatic carbocycles. The molecule has 0 aliphatic heterocycles. The van der Waals surface area contributed by atoms with E-state index in [-0.39, 0.29) is 11.1 Å². The highest BCUT2D eigenvalue weighted by molar-refractivity contribution is 5.83. The van der Waals surface area contributed by atoms with Crippen LogP contribution in [0.5, 0.6) is 0 Å². The quantitative estimate of drug-likeness (QED) is 0.868. The molecule has 2 nitrogen and oxygen atoms in total. The van der Waals surface area contributed by atoms with Gasteiger partial charge in [-0.05, 0) is 12.5 Å². The van der Waals surface area contributed by atoms with Crippen molar-refractivity contribution < 1.29 is 23.1 Å². The number of carboxylic acid groups (broad SMARTS) is 1. The smallest absolute Gasteiger partial charge is 0.314 e. The lowest BCUT2D eigenvalue weighted by Crippen LogP contribution is -2.54. The monoisotopic (exact) mass is 244 g/mol. The fourth-order valence-corrected chi connectivity index (χ4v) is 2.31. The Hall–Kier alpha value is -1.52. The first-order valence-corrected chi connectivity index (χ1v) is 5.15. The van der Waals surface area contributed by atoms with Crippen LogP contribution in [-0.2, 0) is 10.2 Å². The molecule has 0 spiro atoms. The van der Waals surface area contributed by atoms with Crippen molar-refractivity contribution >= 4 is 5.97 Å². The minimum absolute atomic E-state index is 0.143. The molecular formula is C12H11F3O2. The summed E-state index contributed by atoms with van der Waals surface area (Å²) in [5.41, 5.74) is -1.66. The van der Waals surface area contributed by atoms with E-state index in [1.54, 1.807) is 0 Å². The lowest BCUT2D eigenvalue weighted by Gasteiger charge is -2.44. The van der Waals surface area contributed by atoms with E-state index in [4.69, 9.17) is 5.11 Å². The molecule has 0 unspecified atom stereocenters. The number of carbonyl (C=O) groups is 1. The van der Waals surface area contributed by atoms with Crippen LogP contribution < -0.4 is 0 Å². The van der Waals surface area contributed by atoms with Crippen LogP contribution in [0, 0.1) is 12.7 Å². The van der Waals surface area contributed by atoms with Crippen molar-refractivity contribution in [2.45, 2.75) is 31.1 Å². The molecule has 2 rings (SSSR count). The van der Waals surface area contributed by atoms with E-state index in [2.05, 4.69) is 0 Å². The van der Waals surface area contributed by atoms with Gasteiger partial charge in [0.2, 0.25) is 0 Å². The van der Waals surface area contributed by atoms with Gasteiger partial charge in [-0.2, -0.15) is 0 Å². The second kappa shape index (κ2) is 3.48. The molecule has 0 amide bonds. The lowest BCUT2D eigenvalue weighted by molar-refractivity contribution is -0.174. The number of alkyl halides is 2. The first kappa shape index (κ1) is 12.0. The van der Waals surface area contributed by atoms with Gasteiger partial charge in [0.05, 0.1) is 0 Å². The number of halogens is 3. The highest BCUT2D eigenvalue weighted by Crippen LogP contribution is 2.54. The van der Waals surface area contributed by atoms with E-state index in [1.165, 1.54) is 25.1 Å². The van der Waals surface area contributed by atoms with Gasteiger partial charge in [-0.3, -0.25) is 4.79 Å². The Bertz CT molecular complexity index is 475. The molecule has 1 aromatic carbocycles. The zero-order chi connectivity index (χ0) is 12.8. The number of aryl methyl sites for hydroxylation is 1. The Balaban J connectivity index is 2.50. The van der Waals surface area contributed by atoms with Gasteiger partial charge in [-0.1, -0.05) is 18.2 Å². The maximum Gasteiger partial charge on any atom is 0.314 e. The SMILES string of the molecule is Cc1cccc(C2(C(=O)O)CC(F)(F)C2)c1F. The fourth-order valence-electron chi connectivity index (χ4n) is 2.31. The standard InChI is InChI=1S/C12H11F3O2/c1-7-3-2-4-8(9(7)13)11(10(16)17)5-12(14,15)6-11/h2-4H,5-6H2,1H3,(H,16,17).